The van der Waals surface area contributed by atoms with E-state index in [1.807, 2.05) is 54.6 Å². The average molecular weight is 402 g/mol. The second-order valence-corrected chi connectivity index (χ2v) is 8.23. The molecule has 0 saturated carbocycles. The van der Waals surface area contributed by atoms with Gasteiger partial charge in [-0.3, -0.25) is 9.59 Å². The normalized spacial score (nSPS) is 13.1. The Morgan fingerprint density at radius 1 is 1.04 bits per heavy atom. The fourth-order valence-corrected chi connectivity index (χ4v) is 5.27. The van der Waals surface area contributed by atoms with E-state index in [0.717, 1.165) is 20.1 Å². The van der Waals surface area contributed by atoms with E-state index in [-0.39, 0.29) is 11.7 Å². The van der Waals surface area contributed by atoms with Gasteiger partial charge >= 0.3 is 11.9 Å². The summed E-state index contributed by atoms with van der Waals surface area (Å²) in [5.41, 5.74) is 1.85. The lowest BCUT2D eigenvalue weighted by atomic mass is 9.95. The van der Waals surface area contributed by atoms with E-state index in [1.165, 1.54) is 26.0 Å². The molecular formula is C20H19NO4S2. The molecule has 0 fully saturated rings. The van der Waals surface area contributed by atoms with E-state index < -0.39 is 17.9 Å². The van der Waals surface area contributed by atoms with Crippen LogP contribution in [0.4, 0.5) is 0 Å². The lowest BCUT2D eigenvalue weighted by Crippen LogP contribution is -2.25. The van der Waals surface area contributed by atoms with Crippen LogP contribution in [-0.2, 0) is 19.1 Å². The largest absolute Gasteiger partial charge is 0.469 e. The first kappa shape index (κ1) is 19.4. The van der Waals surface area contributed by atoms with Gasteiger partial charge in [0.05, 0.1) is 42.0 Å². The van der Waals surface area contributed by atoms with Crippen molar-refractivity contribution in [1.82, 2.24) is 4.98 Å². The molecule has 7 heteroatoms. The van der Waals surface area contributed by atoms with Gasteiger partial charge in [0.1, 0.15) is 0 Å². The molecule has 2 atom stereocenters. The van der Waals surface area contributed by atoms with Crippen molar-refractivity contribution in [3.63, 3.8) is 0 Å². The predicted molar refractivity (Wildman–Crippen MR) is 107 cm³/mol. The van der Waals surface area contributed by atoms with Crippen molar-refractivity contribution in [3.05, 3.63) is 60.2 Å². The van der Waals surface area contributed by atoms with Crippen molar-refractivity contribution in [3.8, 4) is 0 Å². The maximum atomic E-state index is 12.5. The standard InChI is InChI=1S/C20H19NO4S2/c1-24-17(22)12-14(19(23)25-2)18(13-8-4-3-5-9-13)27-20-21-15-10-6-7-11-16(15)26-20/h3-11,14,18H,12H2,1-2H3. The lowest BCUT2D eigenvalue weighted by Gasteiger charge is -2.23. The van der Waals surface area contributed by atoms with Crippen molar-refractivity contribution >= 4 is 45.3 Å². The van der Waals surface area contributed by atoms with E-state index in [2.05, 4.69) is 4.98 Å². The maximum Gasteiger partial charge on any atom is 0.310 e. The van der Waals surface area contributed by atoms with Gasteiger partial charge in [0, 0.05) is 0 Å². The van der Waals surface area contributed by atoms with E-state index in [1.54, 1.807) is 11.3 Å². The third kappa shape index (κ3) is 4.67. The Bertz CT molecular complexity index is 893. The number of carbonyl (C=O) groups excluding carboxylic acids is 2. The second-order valence-electron chi connectivity index (χ2n) is 5.81. The summed E-state index contributed by atoms with van der Waals surface area (Å²) in [6.45, 7) is 0. The summed E-state index contributed by atoms with van der Waals surface area (Å²) in [6, 6.07) is 17.5. The number of aromatic nitrogens is 1. The number of para-hydroxylation sites is 1. The number of esters is 2. The molecule has 1 aromatic heterocycles. The smallest absolute Gasteiger partial charge is 0.310 e. The highest BCUT2D eigenvalue weighted by molar-refractivity contribution is 8.01. The van der Waals surface area contributed by atoms with Gasteiger partial charge in [0.25, 0.3) is 0 Å². The van der Waals surface area contributed by atoms with E-state index in [0.29, 0.717) is 0 Å². The number of fused-ring (bicyclic) bond motifs is 1. The molecule has 3 rings (SSSR count). The Morgan fingerprint density at radius 3 is 2.41 bits per heavy atom. The van der Waals surface area contributed by atoms with Gasteiger partial charge in [-0.15, -0.1) is 11.3 Å². The summed E-state index contributed by atoms with van der Waals surface area (Å²) in [7, 11) is 2.64. The zero-order valence-corrected chi connectivity index (χ0v) is 16.6. The Labute approximate surface area is 165 Å². The number of carbonyl (C=O) groups is 2. The third-order valence-corrected chi connectivity index (χ3v) is 6.63. The minimum atomic E-state index is -0.679. The van der Waals surface area contributed by atoms with E-state index in [9.17, 15) is 9.59 Å². The molecule has 1 heterocycles. The lowest BCUT2D eigenvalue weighted by molar-refractivity contribution is -0.152. The molecule has 2 unspecified atom stereocenters. The minimum Gasteiger partial charge on any atom is -0.469 e. The van der Waals surface area contributed by atoms with Crippen LogP contribution in [0.15, 0.2) is 58.9 Å². The first-order chi connectivity index (χ1) is 13.1. The topological polar surface area (TPSA) is 65.5 Å². The third-order valence-electron chi connectivity index (χ3n) is 4.11. The van der Waals surface area contributed by atoms with Gasteiger partial charge in [-0.2, -0.15) is 0 Å². The van der Waals surface area contributed by atoms with Crippen LogP contribution in [0.2, 0.25) is 0 Å². The highest BCUT2D eigenvalue weighted by Gasteiger charge is 2.34. The highest BCUT2D eigenvalue weighted by Crippen LogP contribution is 2.45. The first-order valence-corrected chi connectivity index (χ1v) is 10.0. The van der Waals surface area contributed by atoms with Crippen LogP contribution in [-0.4, -0.2) is 31.1 Å². The highest BCUT2D eigenvalue weighted by atomic mass is 32.2. The number of thiazole rings is 1. The number of rotatable bonds is 7. The van der Waals surface area contributed by atoms with Crippen molar-refractivity contribution in [1.29, 1.82) is 0 Å². The number of thioether (sulfide) groups is 1. The quantitative estimate of drug-likeness (QED) is 0.430. The van der Waals surface area contributed by atoms with Crippen molar-refractivity contribution in [2.45, 2.75) is 16.0 Å². The molecule has 140 valence electrons. The van der Waals surface area contributed by atoms with Crippen LogP contribution in [0.25, 0.3) is 10.2 Å². The summed E-state index contributed by atoms with van der Waals surface area (Å²) in [5, 5.41) is -0.321. The molecule has 0 aliphatic rings. The second kappa shape index (κ2) is 9.01. The number of benzene rings is 2. The Hall–Kier alpha value is -2.38. The van der Waals surface area contributed by atoms with Crippen molar-refractivity contribution in [2.75, 3.05) is 14.2 Å². The van der Waals surface area contributed by atoms with Crippen LogP contribution in [0.3, 0.4) is 0 Å². The number of hydrogen-bond acceptors (Lipinski definition) is 7. The molecule has 3 aromatic rings. The zero-order chi connectivity index (χ0) is 19.2. The maximum absolute atomic E-state index is 12.5. The van der Waals surface area contributed by atoms with Gasteiger partial charge in [0.2, 0.25) is 0 Å². The molecule has 27 heavy (non-hydrogen) atoms. The number of hydrogen-bond donors (Lipinski definition) is 0. The molecule has 0 aliphatic heterocycles. The zero-order valence-electron chi connectivity index (χ0n) is 15.0. The number of ether oxygens (including phenoxy) is 2. The summed E-state index contributed by atoms with van der Waals surface area (Å²) in [6.07, 6.45) is -0.0549. The predicted octanol–water partition coefficient (Wildman–Crippen LogP) is 4.48. The van der Waals surface area contributed by atoms with Gasteiger partial charge in [-0.1, -0.05) is 54.2 Å². The van der Waals surface area contributed by atoms with Crippen LogP contribution < -0.4 is 0 Å². The summed E-state index contributed by atoms with van der Waals surface area (Å²) >= 11 is 3.04. The molecule has 0 amide bonds. The SMILES string of the molecule is COC(=O)CC(C(=O)OC)C(Sc1nc2ccccc2s1)c1ccccc1. The molecule has 2 aromatic carbocycles. The van der Waals surface area contributed by atoms with Crippen molar-refractivity contribution in [2.24, 2.45) is 5.92 Å². The fraction of sp³-hybridized carbons (Fsp3) is 0.250. The molecule has 0 saturated heterocycles. The number of nitrogens with zero attached hydrogens (tertiary/aromatic N) is 1. The molecule has 0 spiro atoms. The molecule has 0 radical (unpaired) electrons. The van der Waals surface area contributed by atoms with Crippen LogP contribution in [0, 0.1) is 5.92 Å². The Morgan fingerprint density at radius 2 is 1.74 bits per heavy atom. The summed E-state index contributed by atoms with van der Waals surface area (Å²) in [4.78, 5) is 29.1. The number of methoxy groups -OCH3 is 2. The first-order valence-electron chi connectivity index (χ1n) is 8.34. The molecular weight excluding hydrogens is 382 g/mol. The van der Waals surface area contributed by atoms with Crippen LogP contribution >= 0.6 is 23.1 Å². The summed E-state index contributed by atoms with van der Waals surface area (Å²) < 4.78 is 11.7. The van der Waals surface area contributed by atoms with Gasteiger partial charge in [-0.05, 0) is 17.7 Å². The van der Waals surface area contributed by atoms with Gasteiger partial charge < -0.3 is 9.47 Å². The van der Waals surface area contributed by atoms with E-state index >= 15 is 0 Å². The molecule has 0 aliphatic carbocycles. The Balaban J connectivity index is 1.98. The molecule has 0 bridgehead atoms. The van der Waals surface area contributed by atoms with Crippen molar-refractivity contribution < 1.29 is 19.1 Å². The van der Waals surface area contributed by atoms with Gasteiger partial charge in [-0.25, -0.2) is 4.98 Å². The Kier molecular flexibility index (Phi) is 6.47. The molecule has 0 N–H and O–H groups in total. The minimum absolute atomic E-state index is 0.0549. The summed E-state index contributed by atoms with van der Waals surface area (Å²) in [5.74, 6) is -1.57. The van der Waals surface area contributed by atoms with E-state index in [4.69, 9.17) is 9.47 Å². The average Bonchev–Trinajstić information content (AvgIpc) is 3.13. The molecule has 5 nitrogen and oxygen atoms in total. The van der Waals surface area contributed by atoms with Crippen LogP contribution in [0.1, 0.15) is 17.2 Å². The fourth-order valence-electron chi connectivity index (χ4n) is 2.76. The van der Waals surface area contributed by atoms with Gasteiger partial charge in [0.15, 0.2) is 4.34 Å². The van der Waals surface area contributed by atoms with Crippen LogP contribution in [0.5, 0.6) is 0 Å². The monoisotopic (exact) mass is 401 g/mol.